The summed E-state index contributed by atoms with van der Waals surface area (Å²) in [6.07, 6.45) is 0. The highest BCUT2D eigenvalue weighted by atomic mass is 35.5. The van der Waals surface area contributed by atoms with Gasteiger partial charge in [0.2, 0.25) is 0 Å². The first-order valence-electron chi connectivity index (χ1n) is 2.63. The van der Waals surface area contributed by atoms with Crippen LogP contribution in [0.25, 0.3) is 0 Å². The van der Waals surface area contributed by atoms with Crippen molar-refractivity contribution in [3.05, 3.63) is 0 Å². The standard InChI is InChI=1S/C5H8ClNO/c6-1-2-7-3-5(8)4-7/h1-4H2. The predicted octanol–water partition coefficient (Wildman–Crippen LogP) is 0.110. The third kappa shape index (κ3) is 1.20. The summed E-state index contributed by atoms with van der Waals surface area (Å²) in [7, 11) is 0. The van der Waals surface area contributed by atoms with E-state index in [2.05, 4.69) is 0 Å². The average Bonchev–Trinajstić information content (AvgIpc) is 1.64. The van der Waals surface area contributed by atoms with Crippen molar-refractivity contribution in [2.24, 2.45) is 0 Å². The van der Waals surface area contributed by atoms with Gasteiger partial charge in [-0.2, -0.15) is 0 Å². The van der Waals surface area contributed by atoms with Gasteiger partial charge in [0.1, 0.15) is 0 Å². The molecule has 0 aromatic heterocycles. The molecule has 0 aliphatic carbocycles. The van der Waals surface area contributed by atoms with Crippen molar-refractivity contribution in [2.45, 2.75) is 0 Å². The van der Waals surface area contributed by atoms with Crippen molar-refractivity contribution >= 4 is 17.4 Å². The number of carbonyl (C=O) groups excluding carboxylic acids is 1. The fraction of sp³-hybridized carbons (Fsp3) is 0.800. The molecular formula is C5H8ClNO. The van der Waals surface area contributed by atoms with Crippen LogP contribution in [0.4, 0.5) is 0 Å². The second-order valence-electron chi connectivity index (χ2n) is 1.94. The molecule has 1 fully saturated rings. The van der Waals surface area contributed by atoms with E-state index < -0.39 is 0 Å². The Kier molecular flexibility index (Phi) is 1.86. The maximum absolute atomic E-state index is 10.3. The number of hydrogen-bond acceptors (Lipinski definition) is 2. The van der Waals surface area contributed by atoms with Gasteiger partial charge in [-0.05, 0) is 0 Å². The molecule has 1 aliphatic rings. The van der Waals surface area contributed by atoms with E-state index in [0.29, 0.717) is 24.8 Å². The fourth-order valence-corrected chi connectivity index (χ4v) is 0.969. The molecule has 0 radical (unpaired) electrons. The zero-order valence-corrected chi connectivity index (χ0v) is 5.32. The minimum Gasteiger partial charge on any atom is -0.297 e. The Bertz CT molecular complexity index is 96.6. The molecule has 0 saturated carbocycles. The molecule has 0 amide bonds. The molecule has 1 aliphatic heterocycles. The number of likely N-dealkylation sites (tertiary alicyclic amines) is 1. The first kappa shape index (κ1) is 6.05. The summed E-state index contributed by atoms with van der Waals surface area (Å²) in [5.41, 5.74) is 0. The average molecular weight is 134 g/mol. The molecule has 8 heavy (non-hydrogen) atoms. The molecule has 0 aromatic carbocycles. The van der Waals surface area contributed by atoms with Crippen LogP contribution in [-0.2, 0) is 4.79 Å². The van der Waals surface area contributed by atoms with Crippen LogP contribution in [0.15, 0.2) is 0 Å². The predicted molar refractivity (Wildman–Crippen MR) is 32.2 cm³/mol. The summed E-state index contributed by atoms with van der Waals surface area (Å²) in [4.78, 5) is 12.3. The molecule has 1 saturated heterocycles. The number of ketones is 1. The Morgan fingerprint density at radius 1 is 1.62 bits per heavy atom. The highest BCUT2D eigenvalue weighted by molar-refractivity contribution is 6.18. The molecule has 3 heteroatoms. The van der Waals surface area contributed by atoms with Gasteiger partial charge in [0.25, 0.3) is 0 Å². The summed E-state index contributed by atoms with van der Waals surface area (Å²) in [6, 6.07) is 0. The smallest absolute Gasteiger partial charge is 0.160 e. The molecule has 0 unspecified atom stereocenters. The maximum Gasteiger partial charge on any atom is 0.160 e. The molecule has 46 valence electrons. The molecule has 2 nitrogen and oxygen atoms in total. The number of halogens is 1. The van der Waals surface area contributed by atoms with Gasteiger partial charge in [-0.3, -0.25) is 9.69 Å². The normalized spacial score (nSPS) is 20.9. The van der Waals surface area contributed by atoms with E-state index in [1.165, 1.54) is 0 Å². The van der Waals surface area contributed by atoms with Crippen LogP contribution in [0.2, 0.25) is 0 Å². The molecule has 0 atom stereocenters. The summed E-state index contributed by atoms with van der Waals surface area (Å²) < 4.78 is 0. The number of Topliss-reactive ketones (excluding diaryl/α,β-unsaturated/α-hetero) is 1. The van der Waals surface area contributed by atoms with E-state index in [0.717, 1.165) is 6.54 Å². The molecular weight excluding hydrogens is 126 g/mol. The van der Waals surface area contributed by atoms with Crippen LogP contribution in [0.1, 0.15) is 0 Å². The third-order valence-corrected chi connectivity index (χ3v) is 1.37. The van der Waals surface area contributed by atoms with Crippen LogP contribution in [-0.4, -0.2) is 36.2 Å². The highest BCUT2D eigenvalue weighted by Crippen LogP contribution is 2.00. The van der Waals surface area contributed by atoms with Crippen molar-refractivity contribution < 1.29 is 4.79 Å². The second kappa shape index (κ2) is 2.46. The van der Waals surface area contributed by atoms with Crippen LogP contribution in [0.3, 0.4) is 0 Å². The number of rotatable bonds is 2. The molecule has 1 rings (SSSR count). The zero-order valence-electron chi connectivity index (χ0n) is 4.56. The zero-order chi connectivity index (χ0) is 5.98. The third-order valence-electron chi connectivity index (χ3n) is 1.20. The van der Waals surface area contributed by atoms with Gasteiger partial charge < -0.3 is 0 Å². The van der Waals surface area contributed by atoms with Crippen LogP contribution < -0.4 is 0 Å². The van der Waals surface area contributed by atoms with E-state index in [1.54, 1.807) is 0 Å². The Hall–Kier alpha value is -0.0800. The van der Waals surface area contributed by atoms with E-state index in [1.807, 2.05) is 4.90 Å². The van der Waals surface area contributed by atoms with Gasteiger partial charge in [-0.15, -0.1) is 11.6 Å². The van der Waals surface area contributed by atoms with E-state index in [9.17, 15) is 4.79 Å². The number of nitrogens with zero attached hydrogens (tertiary/aromatic N) is 1. The van der Waals surface area contributed by atoms with Gasteiger partial charge in [0.05, 0.1) is 13.1 Å². The minimum atomic E-state index is 0.329. The monoisotopic (exact) mass is 133 g/mol. The lowest BCUT2D eigenvalue weighted by Crippen LogP contribution is -2.47. The molecule has 0 aromatic rings. The first-order valence-corrected chi connectivity index (χ1v) is 3.16. The van der Waals surface area contributed by atoms with E-state index >= 15 is 0 Å². The largest absolute Gasteiger partial charge is 0.297 e. The summed E-state index contributed by atoms with van der Waals surface area (Å²) in [6.45, 7) is 2.09. The summed E-state index contributed by atoms with van der Waals surface area (Å²) >= 11 is 5.40. The number of hydrogen-bond donors (Lipinski definition) is 0. The highest BCUT2D eigenvalue weighted by Gasteiger charge is 2.21. The van der Waals surface area contributed by atoms with Gasteiger partial charge in [0, 0.05) is 12.4 Å². The quantitative estimate of drug-likeness (QED) is 0.499. The van der Waals surface area contributed by atoms with E-state index in [-0.39, 0.29) is 0 Å². The molecule has 1 heterocycles. The topological polar surface area (TPSA) is 20.3 Å². The molecule has 0 N–H and O–H groups in total. The van der Waals surface area contributed by atoms with Crippen LogP contribution >= 0.6 is 11.6 Å². The van der Waals surface area contributed by atoms with Crippen molar-refractivity contribution in [3.8, 4) is 0 Å². The fourth-order valence-electron chi connectivity index (χ4n) is 0.730. The second-order valence-corrected chi connectivity index (χ2v) is 2.32. The SMILES string of the molecule is O=C1CN(CCCl)C1. The van der Waals surface area contributed by atoms with Crippen LogP contribution in [0, 0.1) is 0 Å². The lowest BCUT2D eigenvalue weighted by Gasteiger charge is -2.27. The van der Waals surface area contributed by atoms with Crippen molar-refractivity contribution in [1.29, 1.82) is 0 Å². The van der Waals surface area contributed by atoms with E-state index in [4.69, 9.17) is 11.6 Å². The Morgan fingerprint density at radius 2 is 2.25 bits per heavy atom. The lowest BCUT2D eigenvalue weighted by atomic mass is 10.2. The summed E-state index contributed by atoms with van der Waals surface area (Å²) in [5, 5.41) is 0. The van der Waals surface area contributed by atoms with Crippen molar-refractivity contribution in [3.63, 3.8) is 0 Å². The van der Waals surface area contributed by atoms with Gasteiger partial charge in [-0.25, -0.2) is 0 Å². The van der Waals surface area contributed by atoms with Crippen molar-refractivity contribution in [1.82, 2.24) is 4.90 Å². The van der Waals surface area contributed by atoms with Gasteiger partial charge in [-0.1, -0.05) is 0 Å². The van der Waals surface area contributed by atoms with Gasteiger partial charge >= 0.3 is 0 Å². The first-order chi connectivity index (χ1) is 3.83. The van der Waals surface area contributed by atoms with Gasteiger partial charge in [0.15, 0.2) is 5.78 Å². The summed E-state index contributed by atoms with van der Waals surface area (Å²) in [5.74, 6) is 0.961. The minimum absolute atomic E-state index is 0.329. The Morgan fingerprint density at radius 3 is 2.62 bits per heavy atom. The lowest BCUT2D eigenvalue weighted by molar-refractivity contribution is -0.128. The van der Waals surface area contributed by atoms with Crippen molar-refractivity contribution in [2.75, 3.05) is 25.5 Å². The molecule has 0 spiro atoms. The van der Waals surface area contributed by atoms with Crippen LogP contribution in [0.5, 0.6) is 0 Å². The maximum atomic E-state index is 10.3. The number of carbonyl (C=O) groups is 1. The molecule has 0 bridgehead atoms. The Balaban J connectivity index is 2.06. The number of alkyl halides is 1. The Labute approximate surface area is 53.4 Å².